The average Bonchev–Trinajstić information content (AvgIpc) is 3.01. The number of amides is 2. The molecule has 3 nitrogen and oxygen atoms in total. The number of carbonyl (C=O) groups is 1. The van der Waals surface area contributed by atoms with Gasteiger partial charge in [0.25, 0.3) is 0 Å². The number of aryl methyl sites for hydroxylation is 1. The summed E-state index contributed by atoms with van der Waals surface area (Å²) >= 11 is 6.26. The fraction of sp³-hybridized carbons (Fsp3) is 0.278. The molecule has 2 aromatic carbocycles. The molecule has 0 aromatic heterocycles. The smallest absolute Gasteiger partial charge is 0.317 e. The molecule has 2 aromatic rings. The van der Waals surface area contributed by atoms with Gasteiger partial charge >= 0.3 is 6.03 Å². The Hall–Kier alpha value is -2.07. The number of halogens is 2. The lowest BCUT2D eigenvalue weighted by Gasteiger charge is -2.26. The molecule has 1 atom stereocenters. The number of hydrogen-bond acceptors (Lipinski definition) is 1. The molecule has 120 valence electrons. The monoisotopic (exact) mass is 332 g/mol. The third-order valence-electron chi connectivity index (χ3n) is 4.20. The lowest BCUT2D eigenvalue weighted by Crippen LogP contribution is -2.34. The van der Waals surface area contributed by atoms with Gasteiger partial charge in [0.2, 0.25) is 0 Å². The molecule has 1 fully saturated rings. The summed E-state index contributed by atoms with van der Waals surface area (Å²) in [6, 6.07) is 12.0. The molecule has 0 aliphatic carbocycles. The molecule has 1 saturated heterocycles. The van der Waals surface area contributed by atoms with Gasteiger partial charge in [0, 0.05) is 17.3 Å². The van der Waals surface area contributed by atoms with Crippen molar-refractivity contribution in [3.63, 3.8) is 0 Å². The van der Waals surface area contributed by atoms with E-state index in [4.69, 9.17) is 11.6 Å². The van der Waals surface area contributed by atoms with E-state index in [-0.39, 0.29) is 17.9 Å². The summed E-state index contributed by atoms with van der Waals surface area (Å²) < 4.78 is 13.6. The second kappa shape index (κ2) is 6.59. The van der Waals surface area contributed by atoms with Gasteiger partial charge in [-0.2, -0.15) is 0 Å². The van der Waals surface area contributed by atoms with Crippen molar-refractivity contribution in [3.05, 3.63) is 64.4 Å². The number of nitrogens with zero attached hydrogens (tertiary/aromatic N) is 1. The third-order valence-corrected chi connectivity index (χ3v) is 4.55. The predicted molar refractivity (Wildman–Crippen MR) is 90.3 cm³/mol. The summed E-state index contributed by atoms with van der Waals surface area (Å²) in [5.41, 5.74) is 1.97. The average molecular weight is 333 g/mol. The molecule has 1 aliphatic rings. The quantitative estimate of drug-likeness (QED) is 0.809. The van der Waals surface area contributed by atoms with E-state index in [0.717, 1.165) is 18.4 Å². The molecular formula is C18H18ClFN2O. The van der Waals surface area contributed by atoms with Crippen LogP contribution in [0.4, 0.5) is 14.9 Å². The van der Waals surface area contributed by atoms with E-state index in [0.29, 0.717) is 22.8 Å². The van der Waals surface area contributed by atoms with E-state index < -0.39 is 0 Å². The number of carbonyl (C=O) groups excluding carboxylic acids is 1. The Bertz CT molecular complexity index is 735. The highest BCUT2D eigenvalue weighted by molar-refractivity contribution is 6.31. The van der Waals surface area contributed by atoms with E-state index in [9.17, 15) is 9.18 Å². The van der Waals surface area contributed by atoms with Crippen LogP contribution in [0.2, 0.25) is 5.02 Å². The predicted octanol–water partition coefficient (Wildman–Crippen LogP) is 5.16. The van der Waals surface area contributed by atoms with Crippen LogP contribution >= 0.6 is 11.6 Å². The van der Waals surface area contributed by atoms with Gasteiger partial charge in [-0.15, -0.1) is 0 Å². The Labute approximate surface area is 140 Å². The first-order chi connectivity index (χ1) is 11.1. The first-order valence-electron chi connectivity index (χ1n) is 7.64. The first kappa shape index (κ1) is 15.8. The maximum absolute atomic E-state index is 13.6. The molecule has 1 aliphatic heterocycles. The largest absolute Gasteiger partial charge is 0.322 e. The van der Waals surface area contributed by atoms with Crippen molar-refractivity contribution in [1.82, 2.24) is 4.90 Å². The number of rotatable bonds is 2. The summed E-state index contributed by atoms with van der Waals surface area (Å²) in [4.78, 5) is 14.3. The number of likely N-dealkylation sites (tertiary alicyclic amines) is 1. The van der Waals surface area contributed by atoms with E-state index in [1.165, 1.54) is 6.07 Å². The number of urea groups is 1. The zero-order valence-electron chi connectivity index (χ0n) is 12.9. The maximum Gasteiger partial charge on any atom is 0.322 e. The van der Waals surface area contributed by atoms with Gasteiger partial charge in [-0.3, -0.25) is 0 Å². The van der Waals surface area contributed by atoms with Gasteiger partial charge in [0.05, 0.1) is 6.04 Å². The molecule has 0 spiro atoms. The topological polar surface area (TPSA) is 32.3 Å². The Kier molecular flexibility index (Phi) is 4.53. The summed E-state index contributed by atoms with van der Waals surface area (Å²) in [5.74, 6) is -0.327. The van der Waals surface area contributed by atoms with Crippen molar-refractivity contribution in [1.29, 1.82) is 0 Å². The van der Waals surface area contributed by atoms with Crippen molar-refractivity contribution >= 4 is 23.3 Å². The SMILES string of the molecule is Cc1ccc(NC(=O)N2CCC[C@@H]2c2ccccc2Cl)cc1F. The molecule has 0 bridgehead atoms. The lowest BCUT2D eigenvalue weighted by atomic mass is 10.0. The van der Waals surface area contributed by atoms with Gasteiger partial charge < -0.3 is 10.2 Å². The Morgan fingerprint density at radius 3 is 2.83 bits per heavy atom. The van der Waals surface area contributed by atoms with Crippen LogP contribution in [0.15, 0.2) is 42.5 Å². The normalized spacial score (nSPS) is 17.3. The van der Waals surface area contributed by atoms with Crippen molar-refractivity contribution in [2.45, 2.75) is 25.8 Å². The minimum absolute atomic E-state index is 0.0426. The van der Waals surface area contributed by atoms with Crippen molar-refractivity contribution < 1.29 is 9.18 Å². The number of benzene rings is 2. The highest BCUT2D eigenvalue weighted by Gasteiger charge is 2.31. The minimum Gasteiger partial charge on any atom is -0.317 e. The summed E-state index contributed by atoms with van der Waals surface area (Å²) in [6.07, 6.45) is 1.80. The van der Waals surface area contributed by atoms with E-state index in [1.807, 2.05) is 24.3 Å². The van der Waals surface area contributed by atoms with Crippen LogP contribution in [0.5, 0.6) is 0 Å². The van der Waals surface area contributed by atoms with Gasteiger partial charge in [-0.05, 0) is 49.1 Å². The van der Waals surface area contributed by atoms with Crippen LogP contribution in [0.25, 0.3) is 0 Å². The zero-order chi connectivity index (χ0) is 16.4. The van der Waals surface area contributed by atoms with E-state index >= 15 is 0 Å². The van der Waals surface area contributed by atoms with Crippen LogP contribution in [-0.4, -0.2) is 17.5 Å². The second-order valence-corrected chi connectivity index (χ2v) is 6.17. The molecule has 1 N–H and O–H groups in total. The molecular weight excluding hydrogens is 315 g/mol. The molecule has 5 heteroatoms. The van der Waals surface area contributed by atoms with Crippen LogP contribution in [-0.2, 0) is 0 Å². The maximum atomic E-state index is 13.6. The highest BCUT2D eigenvalue weighted by Crippen LogP contribution is 2.36. The Morgan fingerprint density at radius 2 is 2.09 bits per heavy atom. The molecule has 2 amide bonds. The lowest BCUT2D eigenvalue weighted by molar-refractivity contribution is 0.207. The second-order valence-electron chi connectivity index (χ2n) is 5.77. The number of hydrogen-bond donors (Lipinski definition) is 1. The number of anilines is 1. The fourth-order valence-electron chi connectivity index (χ4n) is 2.94. The van der Waals surface area contributed by atoms with Crippen molar-refractivity contribution in [2.75, 3.05) is 11.9 Å². The summed E-state index contributed by atoms with van der Waals surface area (Å²) in [5, 5.41) is 3.44. The van der Waals surface area contributed by atoms with E-state index in [2.05, 4.69) is 5.32 Å². The third kappa shape index (κ3) is 3.32. The molecule has 3 rings (SSSR count). The highest BCUT2D eigenvalue weighted by atomic mass is 35.5. The van der Waals surface area contributed by atoms with Crippen LogP contribution in [0.3, 0.4) is 0 Å². The van der Waals surface area contributed by atoms with E-state index in [1.54, 1.807) is 24.0 Å². The van der Waals surface area contributed by atoms with Crippen molar-refractivity contribution in [2.24, 2.45) is 0 Å². The van der Waals surface area contributed by atoms with Gasteiger partial charge in [0.1, 0.15) is 5.82 Å². The standard InChI is InChI=1S/C18H18ClFN2O/c1-12-8-9-13(11-16(12)20)21-18(23)22-10-4-7-17(22)14-5-2-3-6-15(14)19/h2-3,5-6,8-9,11,17H,4,7,10H2,1H3,(H,21,23)/t17-/m1/s1. The molecule has 0 radical (unpaired) electrons. The molecule has 1 heterocycles. The number of nitrogens with one attached hydrogen (secondary N) is 1. The Balaban J connectivity index is 1.78. The summed E-state index contributed by atoms with van der Waals surface area (Å²) in [7, 11) is 0. The van der Waals surface area contributed by atoms with Crippen LogP contribution in [0.1, 0.15) is 30.0 Å². The first-order valence-corrected chi connectivity index (χ1v) is 8.02. The van der Waals surface area contributed by atoms with Crippen LogP contribution < -0.4 is 5.32 Å². The van der Waals surface area contributed by atoms with Gasteiger partial charge in [-0.25, -0.2) is 9.18 Å². The zero-order valence-corrected chi connectivity index (χ0v) is 13.6. The van der Waals surface area contributed by atoms with Crippen LogP contribution in [0, 0.1) is 12.7 Å². The van der Waals surface area contributed by atoms with Gasteiger partial charge in [0.15, 0.2) is 0 Å². The molecule has 0 saturated carbocycles. The van der Waals surface area contributed by atoms with Crippen molar-refractivity contribution in [3.8, 4) is 0 Å². The fourth-order valence-corrected chi connectivity index (χ4v) is 3.21. The summed E-state index contributed by atoms with van der Waals surface area (Å²) in [6.45, 7) is 2.35. The molecule has 23 heavy (non-hydrogen) atoms. The minimum atomic E-state index is -0.327. The molecule has 0 unspecified atom stereocenters. The van der Waals surface area contributed by atoms with Gasteiger partial charge in [-0.1, -0.05) is 35.9 Å². The Morgan fingerprint density at radius 1 is 1.30 bits per heavy atom.